The lowest BCUT2D eigenvalue weighted by Gasteiger charge is -2.19. The average molecular weight is 291 g/mol. The van der Waals surface area contributed by atoms with E-state index >= 15 is 0 Å². The normalized spacial score (nSPS) is 12.2. The SMILES string of the molecule is COc1ccccc1C(Cc1ccc(C)cc1Cl)NN. The first-order valence-corrected chi connectivity index (χ1v) is 6.87. The topological polar surface area (TPSA) is 47.3 Å². The summed E-state index contributed by atoms with van der Waals surface area (Å²) in [5.74, 6) is 6.53. The van der Waals surface area contributed by atoms with E-state index in [0.29, 0.717) is 6.42 Å². The van der Waals surface area contributed by atoms with E-state index in [1.165, 1.54) is 0 Å². The summed E-state index contributed by atoms with van der Waals surface area (Å²) in [6.07, 6.45) is 0.704. The fourth-order valence-corrected chi connectivity index (χ4v) is 2.56. The minimum absolute atomic E-state index is 0.0497. The number of nitrogens with two attached hydrogens (primary N) is 1. The second kappa shape index (κ2) is 6.75. The number of rotatable bonds is 5. The van der Waals surface area contributed by atoms with Crippen molar-refractivity contribution in [3.8, 4) is 5.75 Å². The highest BCUT2D eigenvalue weighted by Crippen LogP contribution is 2.29. The second-order valence-corrected chi connectivity index (χ2v) is 5.17. The maximum atomic E-state index is 6.29. The molecule has 1 unspecified atom stereocenters. The zero-order valence-electron chi connectivity index (χ0n) is 11.7. The fourth-order valence-electron chi connectivity index (χ4n) is 2.25. The summed E-state index contributed by atoms with van der Waals surface area (Å²) >= 11 is 6.29. The van der Waals surface area contributed by atoms with Gasteiger partial charge in [-0.05, 0) is 36.6 Å². The van der Waals surface area contributed by atoms with E-state index in [1.54, 1.807) is 7.11 Å². The van der Waals surface area contributed by atoms with Gasteiger partial charge < -0.3 is 4.74 Å². The zero-order chi connectivity index (χ0) is 14.5. The molecule has 0 spiro atoms. The van der Waals surface area contributed by atoms with Gasteiger partial charge in [-0.2, -0.15) is 0 Å². The minimum atomic E-state index is -0.0497. The molecule has 0 fully saturated rings. The monoisotopic (exact) mass is 290 g/mol. The Morgan fingerprint density at radius 1 is 1.25 bits per heavy atom. The fraction of sp³-hybridized carbons (Fsp3) is 0.250. The van der Waals surface area contributed by atoms with Crippen LogP contribution >= 0.6 is 11.6 Å². The van der Waals surface area contributed by atoms with Crippen molar-refractivity contribution in [2.75, 3.05) is 7.11 Å². The molecule has 0 radical (unpaired) electrons. The van der Waals surface area contributed by atoms with Crippen molar-refractivity contribution < 1.29 is 4.74 Å². The average Bonchev–Trinajstić information content (AvgIpc) is 2.46. The molecule has 0 saturated heterocycles. The number of benzene rings is 2. The molecule has 1 atom stereocenters. The van der Waals surface area contributed by atoms with E-state index in [4.69, 9.17) is 22.2 Å². The molecular weight excluding hydrogens is 272 g/mol. The summed E-state index contributed by atoms with van der Waals surface area (Å²) < 4.78 is 5.39. The largest absolute Gasteiger partial charge is 0.496 e. The number of hydrogen-bond donors (Lipinski definition) is 2. The molecule has 106 valence electrons. The molecule has 4 heteroatoms. The molecule has 20 heavy (non-hydrogen) atoms. The first kappa shape index (κ1) is 14.9. The van der Waals surface area contributed by atoms with Gasteiger partial charge in [0.15, 0.2) is 0 Å². The van der Waals surface area contributed by atoms with Crippen LogP contribution < -0.4 is 16.0 Å². The van der Waals surface area contributed by atoms with Crippen LogP contribution in [0.1, 0.15) is 22.7 Å². The van der Waals surface area contributed by atoms with Gasteiger partial charge in [0.05, 0.1) is 13.2 Å². The van der Waals surface area contributed by atoms with Crippen LogP contribution in [0.4, 0.5) is 0 Å². The molecule has 0 bridgehead atoms. The predicted octanol–water partition coefficient (Wildman–Crippen LogP) is 3.40. The molecular formula is C16H19ClN2O. The van der Waals surface area contributed by atoms with E-state index in [2.05, 4.69) is 11.5 Å². The second-order valence-electron chi connectivity index (χ2n) is 4.76. The van der Waals surface area contributed by atoms with E-state index in [9.17, 15) is 0 Å². The van der Waals surface area contributed by atoms with Crippen LogP contribution in [0.25, 0.3) is 0 Å². The number of nitrogens with one attached hydrogen (secondary N) is 1. The van der Waals surface area contributed by atoms with Gasteiger partial charge in [0.2, 0.25) is 0 Å². The number of halogens is 1. The van der Waals surface area contributed by atoms with Gasteiger partial charge in [-0.1, -0.05) is 41.9 Å². The molecule has 0 saturated carbocycles. The molecule has 3 nitrogen and oxygen atoms in total. The molecule has 0 aliphatic carbocycles. The molecule has 2 aromatic carbocycles. The van der Waals surface area contributed by atoms with E-state index in [0.717, 1.165) is 27.5 Å². The Morgan fingerprint density at radius 2 is 2.00 bits per heavy atom. The van der Waals surface area contributed by atoms with Crippen LogP contribution in [0, 0.1) is 6.92 Å². The van der Waals surface area contributed by atoms with Gasteiger partial charge in [-0.3, -0.25) is 11.3 Å². The van der Waals surface area contributed by atoms with Crippen molar-refractivity contribution in [1.82, 2.24) is 5.43 Å². The summed E-state index contributed by atoms with van der Waals surface area (Å²) in [6.45, 7) is 2.02. The number of aryl methyl sites for hydroxylation is 1. The summed E-state index contributed by atoms with van der Waals surface area (Å²) in [4.78, 5) is 0. The summed E-state index contributed by atoms with van der Waals surface area (Å²) in [5.41, 5.74) is 6.07. The van der Waals surface area contributed by atoms with Crippen molar-refractivity contribution in [1.29, 1.82) is 0 Å². The highest BCUT2D eigenvalue weighted by Gasteiger charge is 2.16. The van der Waals surface area contributed by atoms with Crippen molar-refractivity contribution in [3.63, 3.8) is 0 Å². The first-order chi connectivity index (χ1) is 9.65. The number of para-hydroxylation sites is 1. The van der Waals surface area contributed by atoms with E-state index in [-0.39, 0.29) is 6.04 Å². The number of hydrazine groups is 1. The number of methoxy groups -OCH3 is 1. The Balaban J connectivity index is 2.29. The van der Waals surface area contributed by atoms with E-state index < -0.39 is 0 Å². The third-order valence-corrected chi connectivity index (χ3v) is 3.70. The molecule has 3 N–H and O–H groups in total. The summed E-state index contributed by atoms with van der Waals surface area (Å²) in [6, 6.07) is 13.8. The third-order valence-electron chi connectivity index (χ3n) is 3.35. The van der Waals surface area contributed by atoms with Crippen molar-refractivity contribution >= 4 is 11.6 Å². The van der Waals surface area contributed by atoms with Gasteiger partial charge in [0.1, 0.15) is 5.75 Å². The lowest BCUT2D eigenvalue weighted by atomic mass is 9.98. The quantitative estimate of drug-likeness (QED) is 0.655. The van der Waals surface area contributed by atoms with Crippen molar-refractivity contribution in [2.24, 2.45) is 5.84 Å². The van der Waals surface area contributed by atoms with Gasteiger partial charge in [-0.15, -0.1) is 0 Å². The molecule has 0 amide bonds. The molecule has 0 aliphatic heterocycles. The number of hydrogen-bond acceptors (Lipinski definition) is 3. The zero-order valence-corrected chi connectivity index (χ0v) is 12.4. The Kier molecular flexibility index (Phi) is 5.01. The Bertz CT molecular complexity index is 586. The van der Waals surface area contributed by atoms with Crippen molar-refractivity contribution in [2.45, 2.75) is 19.4 Å². The first-order valence-electron chi connectivity index (χ1n) is 6.49. The summed E-state index contributed by atoms with van der Waals surface area (Å²) in [7, 11) is 1.66. The van der Waals surface area contributed by atoms with Gasteiger partial charge in [0, 0.05) is 10.6 Å². The standard InChI is InChI=1S/C16H19ClN2O/c1-11-7-8-12(14(17)9-11)10-15(19-18)13-5-3-4-6-16(13)20-2/h3-9,15,19H,10,18H2,1-2H3. The Labute approximate surface area is 124 Å². The summed E-state index contributed by atoms with van der Waals surface area (Å²) in [5, 5.41) is 0.764. The molecule has 0 aromatic heterocycles. The maximum Gasteiger partial charge on any atom is 0.123 e. The highest BCUT2D eigenvalue weighted by atomic mass is 35.5. The van der Waals surface area contributed by atoms with Crippen LogP contribution in [0.15, 0.2) is 42.5 Å². The van der Waals surface area contributed by atoms with Gasteiger partial charge in [-0.25, -0.2) is 0 Å². The van der Waals surface area contributed by atoms with Gasteiger partial charge in [0.25, 0.3) is 0 Å². The lowest BCUT2D eigenvalue weighted by Crippen LogP contribution is -2.30. The van der Waals surface area contributed by atoms with Crippen molar-refractivity contribution in [3.05, 3.63) is 64.2 Å². The smallest absolute Gasteiger partial charge is 0.123 e. The van der Waals surface area contributed by atoms with Crippen LogP contribution in [0.2, 0.25) is 5.02 Å². The third kappa shape index (κ3) is 3.31. The van der Waals surface area contributed by atoms with Crippen LogP contribution in [0.5, 0.6) is 5.75 Å². The van der Waals surface area contributed by atoms with Gasteiger partial charge >= 0.3 is 0 Å². The van der Waals surface area contributed by atoms with Crippen LogP contribution in [-0.2, 0) is 6.42 Å². The molecule has 0 heterocycles. The molecule has 0 aliphatic rings. The highest BCUT2D eigenvalue weighted by molar-refractivity contribution is 6.31. The maximum absolute atomic E-state index is 6.29. The predicted molar refractivity (Wildman–Crippen MR) is 83.0 cm³/mol. The van der Waals surface area contributed by atoms with Crippen LogP contribution in [-0.4, -0.2) is 7.11 Å². The Hall–Kier alpha value is -1.55. The molecule has 2 rings (SSSR count). The minimum Gasteiger partial charge on any atom is -0.496 e. The Morgan fingerprint density at radius 3 is 2.65 bits per heavy atom. The van der Waals surface area contributed by atoms with Crippen LogP contribution in [0.3, 0.4) is 0 Å². The molecule has 2 aromatic rings. The van der Waals surface area contributed by atoms with E-state index in [1.807, 2.05) is 43.3 Å². The number of ether oxygens (including phenoxy) is 1. The lowest BCUT2D eigenvalue weighted by molar-refractivity contribution is 0.399.